The summed E-state index contributed by atoms with van der Waals surface area (Å²) in [4.78, 5) is 2.42. The van der Waals surface area contributed by atoms with E-state index in [0.29, 0.717) is 6.04 Å². The van der Waals surface area contributed by atoms with E-state index in [2.05, 4.69) is 46.0 Å². The summed E-state index contributed by atoms with van der Waals surface area (Å²) in [5.74, 6) is 0. The Morgan fingerprint density at radius 1 is 1.50 bits per heavy atom. The highest BCUT2D eigenvalue weighted by atomic mass is 79.9. The zero-order chi connectivity index (χ0) is 13.1. The van der Waals surface area contributed by atoms with Crippen molar-refractivity contribution in [3.8, 4) is 0 Å². The second-order valence-corrected chi connectivity index (χ2v) is 5.79. The maximum absolute atomic E-state index is 6.26. The fraction of sp³-hybridized carbons (Fsp3) is 0.571. The van der Waals surface area contributed by atoms with Crippen LogP contribution in [0.25, 0.3) is 0 Å². The van der Waals surface area contributed by atoms with Gasteiger partial charge in [-0.3, -0.25) is 4.90 Å². The van der Waals surface area contributed by atoms with E-state index in [-0.39, 0.29) is 6.04 Å². The van der Waals surface area contributed by atoms with Crippen molar-refractivity contribution in [3.05, 3.63) is 33.8 Å². The fourth-order valence-electron chi connectivity index (χ4n) is 2.59. The van der Waals surface area contributed by atoms with Gasteiger partial charge in [0.2, 0.25) is 0 Å². The van der Waals surface area contributed by atoms with Crippen molar-refractivity contribution in [1.29, 1.82) is 0 Å². The van der Waals surface area contributed by atoms with Gasteiger partial charge in [-0.05, 0) is 30.5 Å². The van der Waals surface area contributed by atoms with E-state index < -0.39 is 0 Å². The lowest BCUT2D eigenvalue weighted by Crippen LogP contribution is -2.33. The molecule has 100 valence electrons. The summed E-state index contributed by atoms with van der Waals surface area (Å²) in [6, 6.07) is 7.08. The number of rotatable bonds is 4. The first-order chi connectivity index (χ1) is 8.63. The monoisotopic (exact) mass is 312 g/mol. The summed E-state index contributed by atoms with van der Waals surface area (Å²) >= 11 is 3.60. The molecule has 3 nitrogen and oxygen atoms in total. The van der Waals surface area contributed by atoms with Crippen LogP contribution in [0.2, 0.25) is 0 Å². The summed E-state index contributed by atoms with van der Waals surface area (Å²) < 4.78 is 6.33. The number of aryl methyl sites for hydroxylation is 1. The van der Waals surface area contributed by atoms with Crippen molar-refractivity contribution >= 4 is 15.9 Å². The van der Waals surface area contributed by atoms with Gasteiger partial charge in [-0.2, -0.15) is 0 Å². The van der Waals surface area contributed by atoms with Crippen LogP contribution in [0.15, 0.2) is 22.7 Å². The molecule has 0 radical (unpaired) electrons. The smallest absolute Gasteiger partial charge is 0.0589 e. The molecule has 1 aromatic carbocycles. The van der Waals surface area contributed by atoms with Crippen LogP contribution >= 0.6 is 15.9 Å². The van der Waals surface area contributed by atoms with Gasteiger partial charge >= 0.3 is 0 Å². The Morgan fingerprint density at radius 3 is 2.94 bits per heavy atom. The molecule has 1 aliphatic rings. The third-order valence-electron chi connectivity index (χ3n) is 3.67. The molecule has 1 heterocycles. The molecule has 0 saturated carbocycles. The van der Waals surface area contributed by atoms with E-state index in [1.807, 2.05) is 0 Å². The highest BCUT2D eigenvalue weighted by Gasteiger charge is 2.32. The van der Waals surface area contributed by atoms with Crippen LogP contribution in [0.3, 0.4) is 0 Å². The van der Waals surface area contributed by atoms with Crippen LogP contribution in [0, 0.1) is 6.92 Å². The number of hydrogen-bond acceptors (Lipinski definition) is 3. The van der Waals surface area contributed by atoms with Crippen molar-refractivity contribution < 1.29 is 4.74 Å². The lowest BCUT2D eigenvalue weighted by atomic mass is 10.00. The largest absolute Gasteiger partial charge is 0.383 e. The molecule has 1 saturated heterocycles. The van der Waals surface area contributed by atoms with Crippen LogP contribution in [0.4, 0.5) is 0 Å². The predicted molar refractivity (Wildman–Crippen MR) is 77.7 cm³/mol. The first-order valence-corrected chi connectivity index (χ1v) is 7.17. The number of benzene rings is 1. The highest BCUT2D eigenvalue weighted by molar-refractivity contribution is 9.10. The Labute approximate surface area is 117 Å². The Hall–Kier alpha value is -0.420. The molecule has 18 heavy (non-hydrogen) atoms. The van der Waals surface area contributed by atoms with Gasteiger partial charge in [0, 0.05) is 30.7 Å². The molecule has 0 amide bonds. The van der Waals surface area contributed by atoms with E-state index in [4.69, 9.17) is 10.5 Å². The number of methoxy groups -OCH3 is 1. The van der Waals surface area contributed by atoms with Crippen LogP contribution in [0.1, 0.15) is 23.6 Å². The molecule has 2 rings (SSSR count). The molecule has 0 aromatic heterocycles. The molecule has 4 heteroatoms. The number of hydrogen-bond donors (Lipinski definition) is 1. The van der Waals surface area contributed by atoms with Crippen LogP contribution < -0.4 is 5.73 Å². The van der Waals surface area contributed by atoms with Crippen molar-refractivity contribution in [3.63, 3.8) is 0 Å². The number of nitrogens with two attached hydrogens (primary N) is 1. The average Bonchev–Trinajstić information content (AvgIpc) is 2.71. The first-order valence-electron chi connectivity index (χ1n) is 6.38. The van der Waals surface area contributed by atoms with Gasteiger partial charge in [0.15, 0.2) is 0 Å². The minimum absolute atomic E-state index is 0.219. The van der Waals surface area contributed by atoms with Gasteiger partial charge in [0.25, 0.3) is 0 Å². The zero-order valence-electron chi connectivity index (χ0n) is 11.0. The summed E-state index contributed by atoms with van der Waals surface area (Å²) in [7, 11) is 1.74. The second kappa shape index (κ2) is 6.15. The number of halogens is 1. The van der Waals surface area contributed by atoms with Gasteiger partial charge in [0.1, 0.15) is 0 Å². The maximum atomic E-state index is 6.26. The lowest BCUT2D eigenvalue weighted by molar-refractivity contribution is 0.139. The molecule has 2 atom stereocenters. The Bertz CT molecular complexity index is 411. The van der Waals surface area contributed by atoms with Crippen LogP contribution in [0.5, 0.6) is 0 Å². The number of likely N-dealkylation sites (tertiary alicyclic amines) is 1. The summed E-state index contributed by atoms with van der Waals surface area (Å²) in [5, 5.41) is 0. The molecular formula is C14H21BrN2O. The molecule has 1 aliphatic heterocycles. The minimum Gasteiger partial charge on any atom is -0.383 e. The number of nitrogens with zero attached hydrogens (tertiary/aromatic N) is 1. The molecule has 1 aromatic rings. The van der Waals surface area contributed by atoms with Crippen molar-refractivity contribution in [2.24, 2.45) is 5.73 Å². The van der Waals surface area contributed by atoms with Gasteiger partial charge in [0.05, 0.1) is 12.6 Å². The maximum Gasteiger partial charge on any atom is 0.0589 e. The Morgan fingerprint density at radius 2 is 2.28 bits per heavy atom. The second-order valence-electron chi connectivity index (χ2n) is 4.93. The lowest BCUT2D eigenvalue weighted by Gasteiger charge is -2.27. The molecule has 0 spiro atoms. The molecule has 1 fully saturated rings. The quantitative estimate of drug-likeness (QED) is 0.928. The Kier molecular flexibility index (Phi) is 4.78. The van der Waals surface area contributed by atoms with E-state index in [9.17, 15) is 0 Å². The number of ether oxygens (including phenoxy) is 1. The normalized spacial score (nSPS) is 24.7. The van der Waals surface area contributed by atoms with E-state index in [1.165, 1.54) is 11.1 Å². The van der Waals surface area contributed by atoms with Gasteiger partial charge in [-0.25, -0.2) is 0 Å². The Balaban J connectivity index is 2.19. The third-order valence-corrected chi connectivity index (χ3v) is 4.52. The molecule has 0 aliphatic carbocycles. The van der Waals surface area contributed by atoms with Gasteiger partial charge in [-0.15, -0.1) is 0 Å². The van der Waals surface area contributed by atoms with E-state index >= 15 is 0 Å². The highest BCUT2D eigenvalue weighted by Crippen LogP contribution is 2.32. The topological polar surface area (TPSA) is 38.5 Å². The average molecular weight is 313 g/mol. The molecule has 2 unspecified atom stereocenters. The zero-order valence-corrected chi connectivity index (χ0v) is 12.6. The van der Waals surface area contributed by atoms with Crippen molar-refractivity contribution in [2.75, 3.05) is 26.8 Å². The summed E-state index contributed by atoms with van der Waals surface area (Å²) in [6.07, 6.45) is 1.06. The molecule has 0 bridgehead atoms. The standard InChI is InChI=1S/C14H21BrN2O/c1-10-3-4-11(9-12(10)15)14-13(16)5-6-17(14)7-8-18-2/h3-4,9,13-14H,5-8,16H2,1-2H3. The third kappa shape index (κ3) is 2.94. The fourth-order valence-corrected chi connectivity index (χ4v) is 2.99. The van der Waals surface area contributed by atoms with Gasteiger partial charge < -0.3 is 10.5 Å². The van der Waals surface area contributed by atoms with Gasteiger partial charge in [-0.1, -0.05) is 28.1 Å². The summed E-state index contributed by atoms with van der Waals surface area (Å²) in [5.41, 5.74) is 8.82. The predicted octanol–water partition coefficient (Wildman–Crippen LogP) is 2.48. The van der Waals surface area contributed by atoms with Crippen molar-refractivity contribution in [1.82, 2.24) is 4.90 Å². The summed E-state index contributed by atoms with van der Waals surface area (Å²) in [6.45, 7) is 4.86. The van der Waals surface area contributed by atoms with Crippen LogP contribution in [-0.2, 0) is 4.74 Å². The van der Waals surface area contributed by atoms with E-state index in [1.54, 1.807) is 7.11 Å². The minimum atomic E-state index is 0.219. The van der Waals surface area contributed by atoms with Crippen molar-refractivity contribution in [2.45, 2.75) is 25.4 Å². The van der Waals surface area contributed by atoms with Crippen LogP contribution in [-0.4, -0.2) is 37.7 Å². The van der Waals surface area contributed by atoms with E-state index in [0.717, 1.165) is 30.6 Å². The molecule has 2 N–H and O–H groups in total. The molecular weight excluding hydrogens is 292 g/mol. The SMILES string of the molecule is COCCN1CCC(N)C1c1ccc(C)c(Br)c1. The first kappa shape index (κ1) is 14.0.